The van der Waals surface area contributed by atoms with Crippen molar-refractivity contribution >= 4 is 5.97 Å². The van der Waals surface area contributed by atoms with Gasteiger partial charge in [-0.25, -0.2) is 0 Å². The maximum absolute atomic E-state index is 10.5. The Labute approximate surface area is 142 Å². The molecule has 0 unspecified atom stereocenters. The van der Waals surface area contributed by atoms with Crippen LogP contribution in [0.1, 0.15) is 84.0 Å². The van der Waals surface area contributed by atoms with Gasteiger partial charge in [0.1, 0.15) is 0 Å². The van der Waals surface area contributed by atoms with Crippen LogP contribution in [0.25, 0.3) is 0 Å². The average molecular weight is 328 g/mol. The van der Waals surface area contributed by atoms with Crippen molar-refractivity contribution in [1.82, 2.24) is 5.32 Å². The molecule has 1 aliphatic carbocycles. The molecule has 0 aromatic heterocycles. The Balaban J connectivity index is 2.09. The van der Waals surface area contributed by atoms with E-state index in [4.69, 9.17) is 5.11 Å². The van der Waals surface area contributed by atoms with Crippen LogP contribution in [0.4, 0.5) is 0 Å². The molecule has 1 saturated carbocycles. The number of hydrogen-bond acceptors (Lipinski definition) is 3. The molecule has 136 valence electrons. The van der Waals surface area contributed by atoms with E-state index in [9.17, 15) is 9.90 Å². The molecule has 0 aromatic carbocycles. The average Bonchev–Trinajstić information content (AvgIpc) is 2.86. The van der Waals surface area contributed by atoms with Gasteiger partial charge in [0.05, 0.1) is 6.10 Å². The molecule has 0 aromatic rings. The molecule has 0 bridgehead atoms. The standard InChI is InChI=1S/C19H37NO3/c1-2-3-4-9-14-20-15-16-12-13-18(21)17(16)10-7-5-6-8-11-19(22)23/h16-18,20-21H,2-15H2,1H3,(H,22,23)/t16-,17+,18+/m0/s1. The van der Waals surface area contributed by atoms with Gasteiger partial charge in [-0.15, -0.1) is 0 Å². The highest BCUT2D eigenvalue weighted by molar-refractivity contribution is 5.66. The first kappa shape index (κ1) is 20.4. The number of aliphatic hydroxyl groups is 1. The van der Waals surface area contributed by atoms with Crippen LogP contribution >= 0.6 is 0 Å². The molecule has 3 N–H and O–H groups in total. The van der Waals surface area contributed by atoms with E-state index < -0.39 is 5.97 Å². The first-order valence-electron chi connectivity index (χ1n) is 9.75. The lowest BCUT2D eigenvalue weighted by Gasteiger charge is -2.22. The highest BCUT2D eigenvalue weighted by Crippen LogP contribution is 2.35. The quantitative estimate of drug-likeness (QED) is 0.422. The lowest BCUT2D eigenvalue weighted by molar-refractivity contribution is -0.137. The maximum Gasteiger partial charge on any atom is 0.303 e. The Kier molecular flexibility index (Phi) is 11.3. The van der Waals surface area contributed by atoms with Crippen LogP contribution < -0.4 is 5.32 Å². The molecule has 1 fully saturated rings. The van der Waals surface area contributed by atoms with Crippen molar-refractivity contribution in [2.24, 2.45) is 11.8 Å². The minimum atomic E-state index is -0.693. The SMILES string of the molecule is CCCCCCNC[C@@H]1CC[C@@H](O)[C@@H]1CCCCCCC(=O)O. The van der Waals surface area contributed by atoms with Gasteiger partial charge >= 0.3 is 5.97 Å². The fourth-order valence-electron chi connectivity index (χ4n) is 3.78. The third kappa shape index (κ3) is 9.31. The monoisotopic (exact) mass is 327 g/mol. The fraction of sp³-hybridized carbons (Fsp3) is 0.947. The highest BCUT2D eigenvalue weighted by Gasteiger charge is 2.33. The number of aliphatic hydroxyl groups excluding tert-OH is 1. The molecule has 0 aliphatic heterocycles. The molecule has 0 heterocycles. The van der Waals surface area contributed by atoms with Crippen molar-refractivity contribution in [1.29, 1.82) is 0 Å². The number of nitrogens with one attached hydrogen (secondary N) is 1. The van der Waals surface area contributed by atoms with E-state index in [0.29, 0.717) is 11.8 Å². The molecule has 23 heavy (non-hydrogen) atoms. The second-order valence-electron chi connectivity index (χ2n) is 7.18. The van der Waals surface area contributed by atoms with Crippen LogP contribution in [0, 0.1) is 11.8 Å². The summed E-state index contributed by atoms with van der Waals surface area (Å²) in [6.07, 6.45) is 12.5. The second-order valence-corrected chi connectivity index (χ2v) is 7.18. The zero-order valence-electron chi connectivity index (χ0n) is 14.9. The van der Waals surface area contributed by atoms with Crippen molar-refractivity contribution < 1.29 is 15.0 Å². The van der Waals surface area contributed by atoms with E-state index in [-0.39, 0.29) is 12.5 Å². The van der Waals surface area contributed by atoms with Crippen molar-refractivity contribution in [2.75, 3.05) is 13.1 Å². The third-order valence-corrected chi connectivity index (χ3v) is 5.22. The first-order chi connectivity index (χ1) is 11.1. The molecular weight excluding hydrogens is 290 g/mol. The van der Waals surface area contributed by atoms with E-state index >= 15 is 0 Å². The van der Waals surface area contributed by atoms with E-state index in [1.165, 1.54) is 25.7 Å². The topological polar surface area (TPSA) is 69.6 Å². The molecule has 0 saturated heterocycles. The van der Waals surface area contributed by atoms with Crippen LogP contribution in [0.2, 0.25) is 0 Å². The van der Waals surface area contributed by atoms with E-state index in [1.807, 2.05) is 0 Å². The van der Waals surface area contributed by atoms with Gasteiger partial charge in [0, 0.05) is 6.42 Å². The fourth-order valence-corrected chi connectivity index (χ4v) is 3.78. The number of carboxylic acid groups (broad SMARTS) is 1. The van der Waals surface area contributed by atoms with Gasteiger partial charge in [0.15, 0.2) is 0 Å². The molecule has 1 aliphatic rings. The molecule has 4 nitrogen and oxygen atoms in total. The summed E-state index contributed by atoms with van der Waals surface area (Å²) in [5, 5.41) is 22.4. The van der Waals surface area contributed by atoms with Crippen LogP contribution in [0.15, 0.2) is 0 Å². The summed E-state index contributed by atoms with van der Waals surface area (Å²) in [5.74, 6) is 0.370. The van der Waals surface area contributed by atoms with Crippen molar-refractivity contribution in [3.05, 3.63) is 0 Å². The number of unbranched alkanes of at least 4 members (excludes halogenated alkanes) is 6. The van der Waals surface area contributed by atoms with Gasteiger partial charge in [-0.2, -0.15) is 0 Å². The number of hydrogen-bond donors (Lipinski definition) is 3. The predicted octanol–water partition coefficient (Wildman–Crippen LogP) is 3.97. The Hall–Kier alpha value is -0.610. The van der Waals surface area contributed by atoms with Gasteiger partial charge in [-0.05, 0) is 57.0 Å². The summed E-state index contributed by atoms with van der Waals surface area (Å²) in [6.45, 7) is 4.39. The molecule has 3 atom stereocenters. The highest BCUT2D eigenvalue weighted by atomic mass is 16.4. The zero-order valence-corrected chi connectivity index (χ0v) is 14.9. The van der Waals surface area contributed by atoms with Crippen LogP contribution in [-0.2, 0) is 4.79 Å². The minimum absolute atomic E-state index is 0.124. The number of aliphatic carboxylic acids is 1. The molecule has 0 radical (unpaired) electrons. The summed E-state index contributed by atoms with van der Waals surface area (Å²) in [4.78, 5) is 10.5. The summed E-state index contributed by atoms with van der Waals surface area (Å²) in [6, 6.07) is 0. The minimum Gasteiger partial charge on any atom is -0.481 e. The molecule has 4 heteroatoms. The summed E-state index contributed by atoms with van der Waals surface area (Å²) < 4.78 is 0. The molecule has 1 rings (SSSR count). The van der Waals surface area contributed by atoms with E-state index in [0.717, 1.165) is 58.0 Å². The molecule has 0 amide bonds. The maximum atomic E-state index is 10.5. The smallest absolute Gasteiger partial charge is 0.303 e. The Morgan fingerprint density at radius 1 is 1.04 bits per heavy atom. The van der Waals surface area contributed by atoms with Gasteiger partial charge in [0.25, 0.3) is 0 Å². The lowest BCUT2D eigenvalue weighted by atomic mass is 9.89. The third-order valence-electron chi connectivity index (χ3n) is 5.22. The number of carbonyl (C=O) groups is 1. The number of rotatable bonds is 14. The van der Waals surface area contributed by atoms with Crippen LogP contribution in [0.5, 0.6) is 0 Å². The van der Waals surface area contributed by atoms with Gasteiger partial charge < -0.3 is 15.5 Å². The van der Waals surface area contributed by atoms with E-state index in [2.05, 4.69) is 12.2 Å². The summed E-state index contributed by atoms with van der Waals surface area (Å²) >= 11 is 0. The Bertz CT molecular complexity index is 309. The van der Waals surface area contributed by atoms with Gasteiger partial charge in [0.2, 0.25) is 0 Å². The Morgan fingerprint density at radius 2 is 1.78 bits per heavy atom. The van der Waals surface area contributed by atoms with Crippen LogP contribution in [-0.4, -0.2) is 35.4 Å². The Morgan fingerprint density at radius 3 is 2.52 bits per heavy atom. The first-order valence-corrected chi connectivity index (χ1v) is 9.75. The molecular formula is C19H37NO3. The van der Waals surface area contributed by atoms with Gasteiger partial charge in [-0.3, -0.25) is 4.79 Å². The summed E-state index contributed by atoms with van der Waals surface area (Å²) in [7, 11) is 0. The van der Waals surface area contributed by atoms with Crippen LogP contribution in [0.3, 0.4) is 0 Å². The predicted molar refractivity (Wildman–Crippen MR) is 94.6 cm³/mol. The van der Waals surface area contributed by atoms with Crippen molar-refractivity contribution in [3.63, 3.8) is 0 Å². The van der Waals surface area contributed by atoms with E-state index in [1.54, 1.807) is 0 Å². The largest absolute Gasteiger partial charge is 0.481 e. The number of carboxylic acids is 1. The molecule has 0 spiro atoms. The lowest BCUT2D eigenvalue weighted by Crippen LogP contribution is -2.29. The normalized spacial score (nSPS) is 24.2. The van der Waals surface area contributed by atoms with Crippen molar-refractivity contribution in [3.8, 4) is 0 Å². The zero-order chi connectivity index (χ0) is 16.9. The summed E-state index contributed by atoms with van der Waals surface area (Å²) in [5.41, 5.74) is 0. The second kappa shape index (κ2) is 12.8. The van der Waals surface area contributed by atoms with Gasteiger partial charge in [-0.1, -0.05) is 45.4 Å². The van der Waals surface area contributed by atoms with Crippen molar-refractivity contribution in [2.45, 2.75) is 90.1 Å².